The number of hydrogen-bond acceptors (Lipinski definition) is 7. The molecule has 0 radical (unpaired) electrons. The van der Waals surface area contributed by atoms with Crippen LogP contribution in [0.25, 0.3) is 16.9 Å². The number of anilines is 2. The summed E-state index contributed by atoms with van der Waals surface area (Å²) in [5, 5.41) is 4.89. The molecule has 0 spiro atoms. The third-order valence-electron chi connectivity index (χ3n) is 6.95. The van der Waals surface area contributed by atoms with Crippen LogP contribution < -0.4 is 15.4 Å². The van der Waals surface area contributed by atoms with Gasteiger partial charge in [-0.1, -0.05) is 6.07 Å². The van der Waals surface area contributed by atoms with Crippen molar-refractivity contribution in [3.63, 3.8) is 0 Å². The Hall–Kier alpha value is -3.76. The first-order valence-corrected chi connectivity index (χ1v) is 13.1. The van der Waals surface area contributed by atoms with Crippen LogP contribution >= 0.6 is 0 Å². The lowest BCUT2D eigenvalue weighted by Crippen LogP contribution is -2.38. The van der Waals surface area contributed by atoms with E-state index in [9.17, 15) is 8.78 Å². The Balaban J connectivity index is 1.48. The number of fused-ring (bicyclic) bond motifs is 1. The fourth-order valence-electron chi connectivity index (χ4n) is 5.27. The molecule has 2 aromatic carbocycles. The first-order valence-electron chi connectivity index (χ1n) is 13.1. The molecule has 0 aliphatic carbocycles. The summed E-state index contributed by atoms with van der Waals surface area (Å²) >= 11 is 0. The van der Waals surface area contributed by atoms with Crippen LogP contribution in [0.5, 0.6) is 5.75 Å². The fourth-order valence-corrected chi connectivity index (χ4v) is 5.27. The van der Waals surface area contributed by atoms with Crippen molar-refractivity contribution < 1.29 is 13.5 Å². The molecule has 0 bridgehead atoms. The fraction of sp³-hybridized carbons (Fsp3) is 0.379. The highest BCUT2D eigenvalue weighted by molar-refractivity contribution is 5.69. The van der Waals surface area contributed by atoms with E-state index in [0.29, 0.717) is 35.0 Å². The summed E-state index contributed by atoms with van der Waals surface area (Å²) in [5.74, 6) is 0.428. The Morgan fingerprint density at radius 3 is 2.54 bits per heavy atom. The van der Waals surface area contributed by atoms with Gasteiger partial charge in [-0.05, 0) is 83.5 Å². The number of halogens is 2. The second-order valence-corrected chi connectivity index (χ2v) is 10.6. The van der Waals surface area contributed by atoms with Gasteiger partial charge in [-0.2, -0.15) is 0 Å². The van der Waals surface area contributed by atoms with E-state index >= 15 is 0 Å². The Morgan fingerprint density at radius 2 is 1.79 bits per heavy atom. The van der Waals surface area contributed by atoms with Crippen LogP contribution in [-0.2, 0) is 0 Å². The quantitative estimate of drug-likeness (QED) is 0.317. The molecule has 1 unspecified atom stereocenters. The van der Waals surface area contributed by atoms with Crippen molar-refractivity contribution in [1.82, 2.24) is 24.4 Å². The highest BCUT2D eigenvalue weighted by Gasteiger charge is 2.30. The highest BCUT2D eigenvalue weighted by Crippen LogP contribution is 2.37. The van der Waals surface area contributed by atoms with Crippen molar-refractivity contribution in [3.05, 3.63) is 71.9 Å². The minimum absolute atomic E-state index is 0.0743. The monoisotopic (exact) mass is 535 g/mol. The topological polar surface area (TPSA) is 75.2 Å². The molecule has 0 saturated carbocycles. The molecule has 2 N–H and O–H groups in total. The van der Waals surface area contributed by atoms with Crippen molar-refractivity contribution in [2.75, 3.05) is 58.5 Å². The van der Waals surface area contributed by atoms with Gasteiger partial charge in [0.25, 0.3) is 0 Å². The Kier molecular flexibility index (Phi) is 7.67. The lowest BCUT2D eigenvalue weighted by Gasteiger charge is -2.26. The van der Waals surface area contributed by atoms with Crippen molar-refractivity contribution in [2.24, 2.45) is 0 Å². The predicted molar refractivity (Wildman–Crippen MR) is 150 cm³/mol. The molecule has 1 aliphatic heterocycles. The van der Waals surface area contributed by atoms with Crippen LogP contribution in [0.15, 0.2) is 54.7 Å². The number of likely N-dealkylation sites (N-methyl/N-ethyl adjacent to an activating group) is 2. The standard InChI is InChI=1S/C29H35F2N7O/c1-35(2)17-21(18-36(3)4)39-27-14-19(7-10-24(27)32)26-16-33-28-11-12-29(34-38(26)28)37-13-5-6-25(37)22-15-20(30)8-9-23(22)31/h7-12,14-16,21,25H,5-6,13,17-18,32H2,1-4H3. The molecule has 3 heterocycles. The number of hydrogen-bond donors (Lipinski definition) is 1. The van der Waals surface area contributed by atoms with Crippen molar-refractivity contribution in [1.29, 1.82) is 0 Å². The minimum atomic E-state index is -0.446. The van der Waals surface area contributed by atoms with Gasteiger partial charge in [-0.25, -0.2) is 18.3 Å². The van der Waals surface area contributed by atoms with E-state index in [2.05, 4.69) is 14.8 Å². The van der Waals surface area contributed by atoms with Gasteiger partial charge in [0.1, 0.15) is 29.3 Å². The van der Waals surface area contributed by atoms with Crippen molar-refractivity contribution >= 4 is 17.2 Å². The third-order valence-corrected chi connectivity index (χ3v) is 6.95. The predicted octanol–water partition coefficient (Wildman–Crippen LogP) is 4.47. The molecule has 1 atom stereocenters. The van der Waals surface area contributed by atoms with E-state index in [1.165, 1.54) is 12.1 Å². The number of nitrogens with two attached hydrogens (primary N) is 1. The number of imidazole rings is 1. The van der Waals surface area contributed by atoms with Gasteiger partial charge >= 0.3 is 0 Å². The molecule has 5 rings (SSSR count). The lowest BCUT2D eigenvalue weighted by atomic mass is 10.0. The SMILES string of the molecule is CN(C)CC(CN(C)C)Oc1cc(-c2cnc3ccc(N4CCCC4c4cc(F)ccc4F)nn23)ccc1N. The zero-order valence-electron chi connectivity index (χ0n) is 22.8. The van der Waals surface area contributed by atoms with E-state index < -0.39 is 11.6 Å². The largest absolute Gasteiger partial charge is 0.486 e. The van der Waals surface area contributed by atoms with E-state index in [1.54, 1.807) is 10.7 Å². The summed E-state index contributed by atoms with van der Waals surface area (Å²) in [5.41, 5.74) is 9.54. The van der Waals surface area contributed by atoms with E-state index in [-0.39, 0.29) is 12.1 Å². The number of nitrogen functional groups attached to an aromatic ring is 1. The second-order valence-electron chi connectivity index (χ2n) is 10.6. The summed E-state index contributed by atoms with van der Waals surface area (Å²) in [6.07, 6.45) is 3.27. The molecule has 2 aromatic heterocycles. The average molecular weight is 536 g/mol. The maximum Gasteiger partial charge on any atom is 0.154 e. The van der Waals surface area contributed by atoms with Gasteiger partial charge in [0.15, 0.2) is 5.65 Å². The number of ether oxygens (including phenoxy) is 1. The van der Waals surface area contributed by atoms with Crippen molar-refractivity contribution in [3.8, 4) is 17.0 Å². The molecule has 4 aromatic rings. The molecule has 1 saturated heterocycles. The third kappa shape index (κ3) is 5.81. The first kappa shape index (κ1) is 26.8. The van der Waals surface area contributed by atoms with Gasteiger partial charge in [0, 0.05) is 30.8 Å². The van der Waals surface area contributed by atoms with Gasteiger partial charge in [-0.15, -0.1) is 5.10 Å². The van der Waals surface area contributed by atoms with Gasteiger partial charge in [0.05, 0.1) is 23.6 Å². The van der Waals surface area contributed by atoms with Crippen LogP contribution in [0.4, 0.5) is 20.3 Å². The summed E-state index contributed by atoms with van der Waals surface area (Å²) in [6.45, 7) is 2.18. The second kappa shape index (κ2) is 11.2. The van der Waals surface area contributed by atoms with Gasteiger partial charge in [-0.3, -0.25) is 0 Å². The first-order chi connectivity index (χ1) is 18.7. The van der Waals surface area contributed by atoms with Crippen LogP contribution in [-0.4, -0.2) is 78.3 Å². The van der Waals surface area contributed by atoms with Crippen LogP contribution in [0.1, 0.15) is 24.4 Å². The van der Waals surface area contributed by atoms with Crippen LogP contribution in [0, 0.1) is 11.6 Å². The molecule has 206 valence electrons. The maximum atomic E-state index is 14.6. The number of nitrogens with zero attached hydrogens (tertiary/aromatic N) is 6. The maximum absolute atomic E-state index is 14.6. The molecule has 1 aliphatic rings. The molecular weight excluding hydrogens is 500 g/mol. The van der Waals surface area contributed by atoms with E-state index in [0.717, 1.165) is 43.3 Å². The zero-order chi connectivity index (χ0) is 27.7. The normalized spacial score (nSPS) is 15.8. The molecule has 1 fully saturated rings. The van der Waals surface area contributed by atoms with Crippen LogP contribution in [0.2, 0.25) is 0 Å². The Morgan fingerprint density at radius 1 is 1.03 bits per heavy atom. The lowest BCUT2D eigenvalue weighted by molar-refractivity contribution is 0.129. The van der Waals surface area contributed by atoms with Crippen molar-refractivity contribution in [2.45, 2.75) is 25.0 Å². The van der Waals surface area contributed by atoms with Gasteiger partial charge in [0.2, 0.25) is 0 Å². The summed E-state index contributed by atoms with van der Waals surface area (Å²) in [7, 11) is 8.06. The number of benzene rings is 2. The summed E-state index contributed by atoms with van der Waals surface area (Å²) in [6, 6.07) is 12.8. The van der Waals surface area contributed by atoms with E-state index in [1.807, 2.05) is 63.4 Å². The molecule has 0 amide bonds. The number of rotatable bonds is 9. The molecule has 10 heteroatoms. The van der Waals surface area contributed by atoms with Gasteiger partial charge < -0.3 is 25.2 Å². The highest BCUT2D eigenvalue weighted by atomic mass is 19.1. The Labute approximate surface area is 227 Å². The average Bonchev–Trinajstić information content (AvgIpc) is 3.53. The smallest absolute Gasteiger partial charge is 0.154 e. The summed E-state index contributed by atoms with van der Waals surface area (Å²) < 4.78 is 36.8. The minimum Gasteiger partial charge on any atom is -0.486 e. The molecular formula is C29H35F2N7O. The Bertz CT molecular complexity index is 1450. The van der Waals surface area contributed by atoms with Crippen LogP contribution in [0.3, 0.4) is 0 Å². The molecule has 8 nitrogen and oxygen atoms in total. The molecule has 39 heavy (non-hydrogen) atoms. The van der Waals surface area contributed by atoms with E-state index in [4.69, 9.17) is 15.6 Å². The summed E-state index contributed by atoms with van der Waals surface area (Å²) in [4.78, 5) is 10.8. The number of aromatic nitrogens is 3. The zero-order valence-corrected chi connectivity index (χ0v) is 22.8.